The van der Waals surface area contributed by atoms with E-state index in [-0.39, 0.29) is 17.7 Å². The van der Waals surface area contributed by atoms with Gasteiger partial charge in [0, 0.05) is 50.7 Å². The molecule has 1 aliphatic heterocycles. The van der Waals surface area contributed by atoms with Gasteiger partial charge in [0.1, 0.15) is 9.37 Å². The number of fused-ring (bicyclic) bond motifs is 3. The van der Waals surface area contributed by atoms with Gasteiger partial charge in [-0.05, 0) is 19.3 Å². The van der Waals surface area contributed by atoms with Crippen LogP contribution in [0.2, 0.25) is 0 Å². The van der Waals surface area contributed by atoms with Crippen LogP contribution in [0.1, 0.15) is 31.7 Å². The Labute approximate surface area is 164 Å². The standard InChI is InChI=1S/C18H23BrN4O2S/c1-22(2)12-6-7-20-17-14(12)15-16(26-17)18(24)23(9-21-15)10-4-5-11(19)13(8-10)25-3/h9-11,13H,4-8H2,1-3H3/t10?,11-,13?/m1/s1. The van der Waals surface area contributed by atoms with Crippen LogP contribution >= 0.6 is 27.3 Å². The van der Waals surface area contributed by atoms with Crippen LogP contribution in [-0.4, -0.2) is 53.1 Å². The van der Waals surface area contributed by atoms with Crippen molar-refractivity contribution in [3.8, 4) is 0 Å². The second kappa shape index (κ2) is 7.05. The van der Waals surface area contributed by atoms with Crippen LogP contribution in [0, 0.1) is 0 Å². The SMILES string of the molecule is COC1CC(n2cnc3c4c(sc3c2=O)=NCCC=4N(C)C)CC[C@H]1Br. The Balaban J connectivity index is 1.86. The Kier molecular flexibility index (Phi) is 4.92. The molecular formula is C18H23BrN4O2S. The first-order chi connectivity index (χ1) is 12.5. The minimum atomic E-state index is 0.0515. The smallest absolute Gasteiger partial charge is 0.271 e. The third-order valence-corrected chi connectivity index (χ3v) is 7.56. The topological polar surface area (TPSA) is 59.7 Å². The molecule has 2 aliphatic rings. The molecular weight excluding hydrogens is 416 g/mol. The van der Waals surface area contributed by atoms with Crippen molar-refractivity contribution < 1.29 is 4.74 Å². The Morgan fingerprint density at radius 3 is 2.92 bits per heavy atom. The van der Waals surface area contributed by atoms with Gasteiger partial charge in [-0.2, -0.15) is 0 Å². The van der Waals surface area contributed by atoms with Gasteiger partial charge in [-0.25, -0.2) is 4.98 Å². The van der Waals surface area contributed by atoms with Crippen LogP contribution in [0.25, 0.3) is 15.9 Å². The summed E-state index contributed by atoms with van der Waals surface area (Å²) in [6.07, 6.45) is 5.50. The van der Waals surface area contributed by atoms with Gasteiger partial charge in [0.05, 0.1) is 23.2 Å². The van der Waals surface area contributed by atoms with Crippen molar-refractivity contribution in [1.29, 1.82) is 0 Å². The number of alkyl halides is 1. The van der Waals surface area contributed by atoms with E-state index in [2.05, 4.69) is 25.8 Å². The van der Waals surface area contributed by atoms with Crippen LogP contribution in [-0.2, 0) is 4.74 Å². The van der Waals surface area contributed by atoms with Gasteiger partial charge >= 0.3 is 0 Å². The maximum atomic E-state index is 13.2. The summed E-state index contributed by atoms with van der Waals surface area (Å²) in [6.45, 7) is 0.770. The summed E-state index contributed by atoms with van der Waals surface area (Å²) in [4.78, 5) is 25.0. The molecule has 0 bridgehead atoms. The number of ether oxygens (including phenoxy) is 1. The van der Waals surface area contributed by atoms with Gasteiger partial charge in [0.25, 0.3) is 5.56 Å². The first-order valence-electron chi connectivity index (χ1n) is 8.92. The van der Waals surface area contributed by atoms with Gasteiger partial charge < -0.3 is 9.64 Å². The van der Waals surface area contributed by atoms with Crippen LogP contribution < -0.4 is 15.4 Å². The fourth-order valence-electron chi connectivity index (χ4n) is 4.00. The Bertz CT molecular complexity index is 1010. The Morgan fingerprint density at radius 2 is 2.19 bits per heavy atom. The van der Waals surface area contributed by atoms with Crippen molar-refractivity contribution >= 4 is 43.2 Å². The zero-order chi connectivity index (χ0) is 18.4. The Morgan fingerprint density at radius 1 is 1.38 bits per heavy atom. The highest BCUT2D eigenvalue weighted by Gasteiger charge is 2.31. The highest BCUT2D eigenvalue weighted by Crippen LogP contribution is 2.33. The molecule has 26 heavy (non-hydrogen) atoms. The fourth-order valence-corrected chi connectivity index (χ4v) is 5.81. The molecule has 2 aromatic heterocycles. The van der Waals surface area contributed by atoms with E-state index < -0.39 is 0 Å². The van der Waals surface area contributed by atoms with E-state index >= 15 is 0 Å². The molecule has 0 radical (unpaired) electrons. The number of methoxy groups -OCH3 is 1. The number of hydrogen-bond acceptors (Lipinski definition) is 6. The van der Waals surface area contributed by atoms with Gasteiger partial charge in [0.15, 0.2) is 0 Å². The molecule has 0 amide bonds. The lowest BCUT2D eigenvalue weighted by Crippen LogP contribution is -2.36. The number of nitrogens with zero attached hydrogens (tertiary/aromatic N) is 4. The lowest BCUT2D eigenvalue weighted by Gasteiger charge is -2.33. The third kappa shape index (κ3) is 2.92. The quantitative estimate of drug-likeness (QED) is 0.683. The lowest BCUT2D eigenvalue weighted by atomic mass is 9.92. The molecule has 0 N–H and O–H groups in total. The zero-order valence-electron chi connectivity index (χ0n) is 15.2. The van der Waals surface area contributed by atoms with Crippen molar-refractivity contribution in [3.05, 3.63) is 26.6 Å². The number of hydrogen-bond donors (Lipinski definition) is 0. The second-order valence-corrected chi connectivity index (χ2v) is 9.32. The average molecular weight is 439 g/mol. The molecule has 4 rings (SSSR count). The Hall–Kier alpha value is -1.25. The number of halogens is 1. The zero-order valence-corrected chi connectivity index (χ0v) is 17.6. The summed E-state index contributed by atoms with van der Waals surface area (Å²) in [5, 5.41) is 1.05. The summed E-state index contributed by atoms with van der Waals surface area (Å²) < 4.78 is 9.06. The molecule has 0 spiro atoms. The van der Waals surface area contributed by atoms with E-state index in [1.165, 1.54) is 17.0 Å². The van der Waals surface area contributed by atoms with Crippen LogP contribution in [0.3, 0.4) is 0 Å². The molecule has 2 aromatic rings. The maximum absolute atomic E-state index is 13.2. The summed E-state index contributed by atoms with van der Waals surface area (Å²) in [5.74, 6) is 0. The first kappa shape index (κ1) is 18.1. The largest absolute Gasteiger partial charge is 0.380 e. The number of thiophene rings is 1. The minimum Gasteiger partial charge on any atom is -0.380 e. The van der Waals surface area contributed by atoms with E-state index in [1.54, 1.807) is 13.4 Å². The van der Waals surface area contributed by atoms with E-state index in [0.29, 0.717) is 4.83 Å². The van der Waals surface area contributed by atoms with Gasteiger partial charge in [0.2, 0.25) is 0 Å². The van der Waals surface area contributed by atoms with E-state index in [1.807, 2.05) is 18.7 Å². The molecule has 1 aliphatic carbocycles. The highest BCUT2D eigenvalue weighted by molar-refractivity contribution is 9.09. The van der Waals surface area contributed by atoms with Gasteiger partial charge in [-0.3, -0.25) is 14.4 Å². The third-order valence-electron chi connectivity index (χ3n) is 5.42. The van der Waals surface area contributed by atoms with Crippen molar-refractivity contribution in [3.63, 3.8) is 0 Å². The predicted octanol–water partition coefficient (Wildman–Crippen LogP) is 1.65. The summed E-state index contributed by atoms with van der Waals surface area (Å²) in [5.41, 5.74) is 2.07. The first-order valence-corrected chi connectivity index (χ1v) is 10.7. The van der Waals surface area contributed by atoms with Crippen molar-refractivity contribution in [1.82, 2.24) is 14.5 Å². The van der Waals surface area contributed by atoms with Crippen LogP contribution in [0.4, 0.5) is 0 Å². The fraction of sp³-hybridized carbons (Fsp3) is 0.611. The van der Waals surface area contributed by atoms with E-state index in [0.717, 1.165) is 52.3 Å². The maximum Gasteiger partial charge on any atom is 0.271 e. The van der Waals surface area contributed by atoms with Crippen LogP contribution in [0.15, 0.2) is 16.1 Å². The second-order valence-electron chi connectivity index (χ2n) is 7.15. The molecule has 6 nitrogen and oxygen atoms in total. The molecule has 3 heterocycles. The number of aromatic nitrogens is 2. The van der Waals surface area contributed by atoms with Gasteiger partial charge in [-0.1, -0.05) is 15.9 Å². The highest BCUT2D eigenvalue weighted by atomic mass is 79.9. The lowest BCUT2D eigenvalue weighted by molar-refractivity contribution is 0.0593. The van der Waals surface area contributed by atoms with Crippen molar-refractivity contribution in [2.45, 2.75) is 42.7 Å². The van der Waals surface area contributed by atoms with Crippen molar-refractivity contribution in [2.24, 2.45) is 4.99 Å². The summed E-state index contributed by atoms with van der Waals surface area (Å²) in [6, 6.07) is 0.131. The molecule has 0 saturated heterocycles. The average Bonchev–Trinajstić information content (AvgIpc) is 3.02. The molecule has 3 atom stereocenters. The summed E-state index contributed by atoms with van der Waals surface area (Å²) >= 11 is 5.17. The van der Waals surface area contributed by atoms with Crippen molar-refractivity contribution in [2.75, 3.05) is 27.7 Å². The molecule has 140 valence electrons. The molecule has 2 unspecified atom stereocenters. The predicted molar refractivity (Wildman–Crippen MR) is 108 cm³/mol. The van der Waals surface area contributed by atoms with Gasteiger partial charge in [-0.15, -0.1) is 11.3 Å². The normalized spacial score (nSPS) is 25.8. The number of rotatable bonds is 3. The molecule has 0 aromatic carbocycles. The molecule has 1 saturated carbocycles. The molecule has 8 heteroatoms. The van der Waals surface area contributed by atoms with E-state index in [9.17, 15) is 4.79 Å². The van der Waals surface area contributed by atoms with Crippen LogP contribution in [0.5, 0.6) is 0 Å². The minimum absolute atomic E-state index is 0.0515. The molecule has 1 fully saturated rings. The van der Waals surface area contributed by atoms with E-state index in [4.69, 9.17) is 9.72 Å². The summed E-state index contributed by atoms with van der Waals surface area (Å²) in [7, 11) is 5.82. The monoisotopic (exact) mass is 438 g/mol.